The largest absolute Gasteiger partial charge is 0.465 e. The Morgan fingerprint density at radius 3 is 2.68 bits per heavy atom. The number of methoxy groups -OCH3 is 1. The van der Waals surface area contributed by atoms with Crippen LogP contribution in [0.3, 0.4) is 0 Å². The molecule has 1 rings (SSSR count). The van der Waals surface area contributed by atoms with Gasteiger partial charge in [-0.25, -0.2) is 4.79 Å². The quantitative estimate of drug-likeness (QED) is 0.664. The SMILES string of the molecule is CNCCC(O)C(O)c1cc(C)ccc1C(=O)OC. The monoisotopic (exact) mass is 267 g/mol. The molecule has 0 saturated heterocycles. The van der Waals surface area contributed by atoms with Crippen molar-refractivity contribution >= 4 is 5.97 Å². The molecule has 5 nitrogen and oxygen atoms in total. The van der Waals surface area contributed by atoms with Crippen molar-refractivity contribution in [3.63, 3.8) is 0 Å². The summed E-state index contributed by atoms with van der Waals surface area (Å²) in [4.78, 5) is 11.7. The van der Waals surface area contributed by atoms with Crippen LogP contribution in [-0.4, -0.2) is 43.0 Å². The van der Waals surface area contributed by atoms with Crippen LogP contribution in [0.5, 0.6) is 0 Å². The first kappa shape index (κ1) is 15.6. The van der Waals surface area contributed by atoms with Crippen LogP contribution in [0.15, 0.2) is 18.2 Å². The van der Waals surface area contributed by atoms with E-state index in [1.807, 2.05) is 6.92 Å². The number of esters is 1. The molecule has 0 saturated carbocycles. The molecule has 19 heavy (non-hydrogen) atoms. The second kappa shape index (κ2) is 7.23. The number of nitrogens with one attached hydrogen (secondary N) is 1. The number of aliphatic hydroxyl groups excluding tert-OH is 2. The minimum atomic E-state index is -1.11. The molecular weight excluding hydrogens is 246 g/mol. The van der Waals surface area contributed by atoms with E-state index in [2.05, 4.69) is 10.1 Å². The van der Waals surface area contributed by atoms with Crippen molar-refractivity contribution in [2.75, 3.05) is 20.7 Å². The maximum absolute atomic E-state index is 11.7. The number of aryl methyl sites for hydroxylation is 1. The second-order valence-electron chi connectivity index (χ2n) is 4.49. The van der Waals surface area contributed by atoms with Gasteiger partial charge in [0, 0.05) is 0 Å². The number of hydrogen-bond acceptors (Lipinski definition) is 5. The van der Waals surface area contributed by atoms with Crippen LogP contribution in [0, 0.1) is 6.92 Å². The maximum Gasteiger partial charge on any atom is 0.338 e. The van der Waals surface area contributed by atoms with Crippen LogP contribution >= 0.6 is 0 Å². The van der Waals surface area contributed by atoms with Gasteiger partial charge in [-0.2, -0.15) is 0 Å². The third kappa shape index (κ3) is 4.02. The summed E-state index contributed by atoms with van der Waals surface area (Å²) in [5.74, 6) is -0.519. The molecule has 5 heteroatoms. The molecule has 3 N–H and O–H groups in total. The first-order valence-electron chi connectivity index (χ1n) is 6.20. The fraction of sp³-hybridized carbons (Fsp3) is 0.500. The Bertz CT molecular complexity index is 433. The van der Waals surface area contributed by atoms with E-state index in [0.717, 1.165) is 5.56 Å². The van der Waals surface area contributed by atoms with E-state index in [1.165, 1.54) is 7.11 Å². The number of benzene rings is 1. The highest BCUT2D eigenvalue weighted by molar-refractivity contribution is 5.91. The summed E-state index contributed by atoms with van der Waals surface area (Å²) in [6.45, 7) is 2.44. The van der Waals surface area contributed by atoms with Gasteiger partial charge in [-0.3, -0.25) is 0 Å². The minimum absolute atomic E-state index is 0.282. The van der Waals surface area contributed by atoms with E-state index < -0.39 is 18.2 Å². The van der Waals surface area contributed by atoms with Gasteiger partial charge in [0.05, 0.1) is 18.8 Å². The molecular formula is C14H21NO4. The van der Waals surface area contributed by atoms with Crippen LogP contribution in [-0.2, 0) is 4.74 Å². The fourth-order valence-corrected chi connectivity index (χ4v) is 1.88. The summed E-state index contributed by atoms with van der Waals surface area (Å²) in [6.07, 6.45) is -1.65. The Hall–Kier alpha value is -1.43. The van der Waals surface area contributed by atoms with Gasteiger partial charge in [0.15, 0.2) is 0 Å². The summed E-state index contributed by atoms with van der Waals surface area (Å²) in [5.41, 5.74) is 1.59. The summed E-state index contributed by atoms with van der Waals surface area (Å²) < 4.78 is 4.68. The standard InChI is InChI=1S/C14H21NO4/c1-9-4-5-10(14(18)19-3)11(8-9)13(17)12(16)6-7-15-2/h4-5,8,12-13,15-17H,6-7H2,1-3H3. The van der Waals surface area contributed by atoms with Crippen LogP contribution in [0.4, 0.5) is 0 Å². The highest BCUT2D eigenvalue weighted by atomic mass is 16.5. The normalized spacial score (nSPS) is 13.9. The molecule has 0 aliphatic carbocycles. The van der Waals surface area contributed by atoms with Gasteiger partial charge in [0.2, 0.25) is 0 Å². The van der Waals surface area contributed by atoms with Gasteiger partial charge in [-0.15, -0.1) is 0 Å². The minimum Gasteiger partial charge on any atom is -0.465 e. The van der Waals surface area contributed by atoms with Crippen molar-refractivity contribution in [2.24, 2.45) is 0 Å². The van der Waals surface area contributed by atoms with Gasteiger partial charge in [0.25, 0.3) is 0 Å². The molecule has 0 fully saturated rings. The van der Waals surface area contributed by atoms with E-state index in [1.54, 1.807) is 25.2 Å². The third-order valence-electron chi connectivity index (χ3n) is 2.99. The lowest BCUT2D eigenvalue weighted by atomic mass is 9.95. The topological polar surface area (TPSA) is 78.8 Å². The summed E-state index contributed by atoms with van der Waals surface area (Å²) in [5, 5.41) is 23.0. The van der Waals surface area contributed by atoms with E-state index >= 15 is 0 Å². The molecule has 2 unspecified atom stereocenters. The average Bonchev–Trinajstić information content (AvgIpc) is 2.42. The van der Waals surface area contributed by atoms with Crippen LogP contribution < -0.4 is 5.32 Å². The van der Waals surface area contributed by atoms with Crippen LogP contribution in [0.25, 0.3) is 0 Å². The first-order valence-corrected chi connectivity index (χ1v) is 6.20. The van der Waals surface area contributed by atoms with Gasteiger partial charge in [0.1, 0.15) is 6.10 Å². The number of hydrogen-bond donors (Lipinski definition) is 3. The Balaban J connectivity index is 3.02. The predicted molar refractivity (Wildman–Crippen MR) is 72.0 cm³/mol. The van der Waals surface area contributed by atoms with Gasteiger partial charge >= 0.3 is 5.97 Å². The van der Waals surface area contributed by atoms with Crippen molar-refractivity contribution < 1.29 is 19.7 Å². The zero-order chi connectivity index (χ0) is 14.4. The molecule has 0 heterocycles. The summed E-state index contributed by atoms with van der Waals surface area (Å²) in [6, 6.07) is 5.06. The molecule has 1 aromatic rings. The average molecular weight is 267 g/mol. The smallest absolute Gasteiger partial charge is 0.338 e. The molecule has 1 aromatic carbocycles. The maximum atomic E-state index is 11.7. The van der Waals surface area contributed by atoms with Crippen molar-refractivity contribution in [3.8, 4) is 0 Å². The first-order chi connectivity index (χ1) is 9.01. The lowest BCUT2D eigenvalue weighted by Crippen LogP contribution is -2.25. The molecule has 0 bridgehead atoms. The number of carbonyl (C=O) groups is 1. The van der Waals surface area contributed by atoms with E-state index in [9.17, 15) is 15.0 Å². The number of carbonyl (C=O) groups excluding carboxylic acids is 1. The van der Waals surface area contributed by atoms with Gasteiger partial charge in [-0.1, -0.05) is 17.7 Å². The zero-order valence-corrected chi connectivity index (χ0v) is 11.5. The molecule has 0 aliphatic rings. The van der Waals surface area contributed by atoms with Crippen molar-refractivity contribution in [2.45, 2.75) is 25.6 Å². The lowest BCUT2D eigenvalue weighted by molar-refractivity contribution is 0.0128. The van der Waals surface area contributed by atoms with Gasteiger partial charge < -0.3 is 20.3 Å². The van der Waals surface area contributed by atoms with E-state index in [4.69, 9.17) is 0 Å². The second-order valence-corrected chi connectivity index (χ2v) is 4.49. The lowest BCUT2D eigenvalue weighted by Gasteiger charge is -2.20. The molecule has 0 spiro atoms. The molecule has 0 amide bonds. The third-order valence-corrected chi connectivity index (χ3v) is 2.99. The van der Waals surface area contributed by atoms with Gasteiger partial charge in [-0.05, 0) is 38.6 Å². The summed E-state index contributed by atoms with van der Waals surface area (Å²) in [7, 11) is 3.06. The fourth-order valence-electron chi connectivity index (χ4n) is 1.88. The predicted octanol–water partition coefficient (Wildman–Crippen LogP) is 0.785. The van der Waals surface area contributed by atoms with Crippen molar-refractivity contribution in [1.29, 1.82) is 0 Å². The van der Waals surface area contributed by atoms with E-state index in [0.29, 0.717) is 18.5 Å². The number of aliphatic hydroxyl groups is 2. The van der Waals surface area contributed by atoms with Crippen molar-refractivity contribution in [1.82, 2.24) is 5.32 Å². The molecule has 2 atom stereocenters. The molecule has 0 aromatic heterocycles. The van der Waals surface area contributed by atoms with Crippen LogP contribution in [0.1, 0.15) is 34.0 Å². The molecule has 106 valence electrons. The Kier molecular flexibility index (Phi) is 5.95. The highest BCUT2D eigenvalue weighted by Gasteiger charge is 2.23. The van der Waals surface area contributed by atoms with Crippen LogP contribution in [0.2, 0.25) is 0 Å². The zero-order valence-electron chi connectivity index (χ0n) is 11.5. The highest BCUT2D eigenvalue weighted by Crippen LogP contribution is 2.24. The number of ether oxygens (including phenoxy) is 1. The Labute approximate surface area is 113 Å². The number of rotatable bonds is 6. The molecule has 0 aliphatic heterocycles. The summed E-state index contributed by atoms with van der Waals surface area (Å²) >= 11 is 0. The van der Waals surface area contributed by atoms with Crippen molar-refractivity contribution in [3.05, 3.63) is 34.9 Å². The Morgan fingerprint density at radius 2 is 2.11 bits per heavy atom. The van der Waals surface area contributed by atoms with E-state index in [-0.39, 0.29) is 5.56 Å². The molecule has 0 radical (unpaired) electrons. The Morgan fingerprint density at radius 1 is 1.42 bits per heavy atom.